The number of nitrogens with one attached hydrogen (secondary N) is 1. The molecule has 4 heteroatoms. The van der Waals surface area contributed by atoms with E-state index < -0.39 is 0 Å². The van der Waals surface area contributed by atoms with Gasteiger partial charge in [-0.25, -0.2) is 0 Å². The van der Waals surface area contributed by atoms with E-state index in [1.54, 1.807) is 0 Å². The minimum Gasteiger partial charge on any atom is -0.494 e. The van der Waals surface area contributed by atoms with Crippen LogP contribution >= 0.6 is 0 Å². The number of amides is 1. The van der Waals surface area contributed by atoms with Gasteiger partial charge >= 0.3 is 0 Å². The van der Waals surface area contributed by atoms with Gasteiger partial charge in [0, 0.05) is 6.54 Å². The predicted octanol–water partition coefficient (Wildman–Crippen LogP) is 2.30. The highest BCUT2D eigenvalue weighted by atomic mass is 16.5. The number of benzene rings is 1. The molecule has 2 rings (SSSR count). The van der Waals surface area contributed by atoms with Crippen molar-refractivity contribution in [3.8, 4) is 5.75 Å². The van der Waals surface area contributed by atoms with Gasteiger partial charge in [0.05, 0.1) is 19.1 Å². The molecule has 116 valence electrons. The lowest BCUT2D eigenvalue weighted by Crippen LogP contribution is -2.33. The van der Waals surface area contributed by atoms with Crippen LogP contribution < -0.4 is 10.1 Å². The van der Waals surface area contributed by atoms with Gasteiger partial charge in [0.1, 0.15) is 5.75 Å². The van der Waals surface area contributed by atoms with Gasteiger partial charge in [0.2, 0.25) is 5.91 Å². The zero-order valence-electron chi connectivity index (χ0n) is 12.7. The molecular formula is C17H25NO3. The maximum atomic E-state index is 11.9. The molecule has 2 unspecified atom stereocenters. The fraction of sp³-hybridized carbons (Fsp3) is 0.588. The van der Waals surface area contributed by atoms with Gasteiger partial charge in [0.15, 0.2) is 0 Å². The van der Waals surface area contributed by atoms with E-state index in [0.717, 1.165) is 37.0 Å². The lowest BCUT2D eigenvalue weighted by Gasteiger charge is -2.25. The van der Waals surface area contributed by atoms with E-state index in [1.807, 2.05) is 31.2 Å². The molecule has 0 radical (unpaired) electrons. The summed E-state index contributed by atoms with van der Waals surface area (Å²) in [7, 11) is 0. The molecule has 0 spiro atoms. The van der Waals surface area contributed by atoms with Crippen LogP contribution in [0.1, 0.15) is 38.2 Å². The summed E-state index contributed by atoms with van der Waals surface area (Å²) in [6, 6.07) is 7.64. The highest BCUT2D eigenvalue weighted by Gasteiger charge is 2.20. The Balaban J connectivity index is 1.73. The maximum Gasteiger partial charge on any atom is 0.224 e. The molecule has 1 fully saturated rings. The third-order valence-electron chi connectivity index (χ3n) is 3.94. The standard InChI is InChI=1S/C17H25NO3/c1-2-21-16-8-6-13(7-9-16)11-17(20)18-12-14-4-3-5-15(19)10-14/h6-9,14-15,19H,2-5,10-12H2,1H3,(H,18,20). The van der Waals surface area contributed by atoms with E-state index in [-0.39, 0.29) is 12.0 Å². The highest BCUT2D eigenvalue weighted by molar-refractivity contribution is 5.78. The summed E-state index contributed by atoms with van der Waals surface area (Å²) in [4.78, 5) is 11.9. The zero-order valence-corrected chi connectivity index (χ0v) is 12.7. The van der Waals surface area contributed by atoms with Crippen molar-refractivity contribution in [1.82, 2.24) is 5.32 Å². The number of hydrogen-bond acceptors (Lipinski definition) is 3. The largest absolute Gasteiger partial charge is 0.494 e. The van der Waals surface area contributed by atoms with Crippen LogP contribution in [-0.2, 0) is 11.2 Å². The van der Waals surface area contributed by atoms with E-state index in [9.17, 15) is 9.90 Å². The first kappa shape index (κ1) is 15.8. The van der Waals surface area contributed by atoms with Crippen molar-refractivity contribution in [2.45, 2.75) is 45.1 Å². The Kier molecular flexibility index (Phi) is 6.05. The summed E-state index contributed by atoms with van der Waals surface area (Å²) in [5.74, 6) is 1.29. The van der Waals surface area contributed by atoms with E-state index in [4.69, 9.17) is 4.74 Å². The molecule has 1 aliphatic carbocycles. The first-order valence-corrected chi connectivity index (χ1v) is 7.84. The molecule has 0 aromatic heterocycles. The second-order valence-electron chi connectivity index (χ2n) is 5.74. The number of aliphatic hydroxyl groups is 1. The van der Waals surface area contributed by atoms with Crippen molar-refractivity contribution in [1.29, 1.82) is 0 Å². The Bertz CT molecular complexity index is 444. The topological polar surface area (TPSA) is 58.6 Å². The number of hydrogen-bond donors (Lipinski definition) is 2. The normalized spacial score (nSPS) is 21.8. The molecule has 1 aliphatic rings. The second kappa shape index (κ2) is 8.03. The molecule has 1 aromatic carbocycles. The van der Waals surface area contributed by atoms with Crippen molar-refractivity contribution in [3.63, 3.8) is 0 Å². The van der Waals surface area contributed by atoms with Crippen LogP contribution in [0, 0.1) is 5.92 Å². The van der Waals surface area contributed by atoms with Gasteiger partial charge in [0.25, 0.3) is 0 Å². The van der Waals surface area contributed by atoms with Crippen molar-refractivity contribution in [2.75, 3.05) is 13.2 Å². The van der Waals surface area contributed by atoms with Crippen LogP contribution in [0.3, 0.4) is 0 Å². The molecule has 0 saturated heterocycles. The molecular weight excluding hydrogens is 266 g/mol. The van der Waals surface area contributed by atoms with Crippen molar-refractivity contribution < 1.29 is 14.6 Å². The van der Waals surface area contributed by atoms with Crippen LogP contribution in [-0.4, -0.2) is 30.3 Å². The van der Waals surface area contributed by atoms with E-state index in [2.05, 4.69) is 5.32 Å². The molecule has 2 N–H and O–H groups in total. The first-order valence-electron chi connectivity index (χ1n) is 7.84. The molecule has 1 aromatic rings. The highest BCUT2D eigenvalue weighted by Crippen LogP contribution is 2.23. The number of aliphatic hydroxyl groups excluding tert-OH is 1. The number of carbonyl (C=O) groups is 1. The zero-order chi connectivity index (χ0) is 15.1. The van der Waals surface area contributed by atoms with E-state index in [1.165, 1.54) is 0 Å². The first-order chi connectivity index (χ1) is 10.2. The van der Waals surface area contributed by atoms with Crippen molar-refractivity contribution >= 4 is 5.91 Å². The van der Waals surface area contributed by atoms with E-state index >= 15 is 0 Å². The summed E-state index contributed by atoms with van der Waals surface area (Å²) in [5.41, 5.74) is 0.986. The predicted molar refractivity (Wildman–Crippen MR) is 82.3 cm³/mol. The van der Waals surface area contributed by atoms with Crippen LogP contribution in [0.5, 0.6) is 5.75 Å². The maximum absolute atomic E-state index is 11.9. The van der Waals surface area contributed by atoms with Gasteiger partial charge in [-0.05, 0) is 49.8 Å². The number of ether oxygens (including phenoxy) is 1. The molecule has 1 amide bonds. The average molecular weight is 291 g/mol. The SMILES string of the molecule is CCOc1ccc(CC(=O)NCC2CCCC(O)C2)cc1. The molecule has 2 atom stereocenters. The smallest absolute Gasteiger partial charge is 0.224 e. The van der Waals surface area contributed by atoms with Crippen LogP contribution in [0.2, 0.25) is 0 Å². The molecule has 4 nitrogen and oxygen atoms in total. The molecule has 0 heterocycles. The molecule has 21 heavy (non-hydrogen) atoms. The molecule has 0 aliphatic heterocycles. The van der Waals surface area contributed by atoms with Gasteiger partial charge in [-0.3, -0.25) is 4.79 Å². The van der Waals surface area contributed by atoms with Gasteiger partial charge < -0.3 is 15.2 Å². The monoisotopic (exact) mass is 291 g/mol. The Hall–Kier alpha value is -1.55. The number of carbonyl (C=O) groups excluding carboxylic acids is 1. The average Bonchev–Trinajstić information content (AvgIpc) is 2.48. The minimum atomic E-state index is -0.188. The summed E-state index contributed by atoms with van der Waals surface area (Å²) >= 11 is 0. The van der Waals surface area contributed by atoms with Crippen molar-refractivity contribution in [2.24, 2.45) is 5.92 Å². The lowest BCUT2D eigenvalue weighted by molar-refractivity contribution is -0.120. The van der Waals surface area contributed by atoms with Crippen LogP contribution in [0.25, 0.3) is 0 Å². The second-order valence-corrected chi connectivity index (χ2v) is 5.74. The Morgan fingerprint density at radius 1 is 1.33 bits per heavy atom. The van der Waals surface area contributed by atoms with Gasteiger partial charge in [-0.15, -0.1) is 0 Å². The number of rotatable bonds is 6. The summed E-state index contributed by atoms with van der Waals surface area (Å²) in [6.07, 6.45) is 4.06. The van der Waals surface area contributed by atoms with Gasteiger partial charge in [-0.1, -0.05) is 18.6 Å². The summed E-state index contributed by atoms with van der Waals surface area (Å²) in [6.45, 7) is 3.27. The third kappa shape index (κ3) is 5.38. The Morgan fingerprint density at radius 3 is 2.76 bits per heavy atom. The van der Waals surface area contributed by atoms with Crippen LogP contribution in [0.4, 0.5) is 0 Å². The van der Waals surface area contributed by atoms with Crippen LogP contribution in [0.15, 0.2) is 24.3 Å². The minimum absolute atomic E-state index is 0.0409. The van der Waals surface area contributed by atoms with Crippen molar-refractivity contribution in [3.05, 3.63) is 29.8 Å². The molecule has 1 saturated carbocycles. The molecule has 0 bridgehead atoms. The third-order valence-corrected chi connectivity index (χ3v) is 3.94. The van der Waals surface area contributed by atoms with Gasteiger partial charge in [-0.2, -0.15) is 0 Å². The summed E-state index contributed by atoms with van der Waals surface area (Å²) < 4.78 is 5.38. The fourth-order valence-electron chi connectivity index (χ4n) is 2.82. The Morgan fingerprint density at radius 2 is 2.10 bits per heavy atom. The lowest BCUT2D eigenvalue weighted by atomic mass is 9.87. The quantitative estimate of drug-likeness (QED) is 0.845. The van der Waals surface area contributed by atoms with E-state index in [0.29, 0.717) is 25.5 Å². The fourth-order valence-corrected chi connectivity index (χ4v) is 2.82. The summed E-state index contributed by atoms with van der Waals surface area (Å²) in [5, 5.41) is 12.6. The Labute approximate surface area is 126 Å².